The maximum absolute atomic E-state index is 14.7. The van der Waals surface area contributed by atoms with E-state index in [1.807, 2.05) is 16.8 Å². The lowest BCUT2D eigenvalue weighted by molar-refractivity contribution is -0.143. The molecular weight excluding hydrogens is 499 g/mol. The lowest BCUT2D eigenvalue weighted by Gasteiger charge is -2.38. The predicted octanol–water partition coefficient (Wildman–Crippen LogP) is 4.67. The molecule has 0 radical (unpaired) electrons. The second kappa shape index (κ2) is 12.1. The van der Waals surface area contributed by atoms with Crippen LogP contribution in [0.2, 0.25) is 0 Å². The summed E-state index contributed by atoms with van der Waals surface area (Å²) in [6.45, 7) is 7.45. The average Bonchev–Trinajstić information content (AvgIpc) is 3.36. The van der Waals surface area contributed by atoms with Crippen LogP contribution in [-0.2, 0) is 22.4 Å². The van der Waals surface area contributed by atoms with Crippen molar-refractivity contribution in [2.75, 3.05) is 50.1 Å². The van der Waals surface area contributed by atoms with Gasteiger partial charge in [0.1, 0.15) is 29.5 Å². The van der Waals surface area contributed by atoms with Crippen molar-refractivity contribution in [1.29, 1.82) is 0 Å². The van der Waals surface area contributed by atoms with Crippen molar-refractivity contribution < 1.29 is 23.8 Å². The number of likely N-dealkylation sites (N-methyl/N-ethyl adjacent to an activating group) is 1. The van der Waals surface area contributed by atoms with Crippen molar-refractivity contribution >= 4 is 17.5 Å². The fourth-order valence-electron chi connectivity index (χ4n) is 5.90. The average molecular weight is 541 g/mol. The molecule has 0 saturated carbocycles. The van der Waals surface area contributed by atoms with E-state index >= 15 is 0 Å². The van der Waals surface area contributed by atoms with Crippen LogP contribution in [0.5, 0.6) is 5.75 Å². The SMILES string of the molecule is CC(C)C1CN(C)c2cc(F)cc([C@H](C(=O)O)N3CC[C@@H](OCCCCc4ccc5c(n4)NCCC5)C3)c2O1. The summed E-state index contributed by atoms with van der Waals surface area (Å²) in [5.41, 5.74) is 3.38. The highest BCUT2D eigenvalue weighted by molar-refractivity contribution is 5.79. The molecule has 212 valence electrons. The predicted molar refractivity (Wildman–Crippen MR) is 149 cm³/mol. The van der Waals surface area contributed by atoms with Gasteiger partial charge in [-0.05, 0) is 62.1 Å². The van der Waals surface area contributed by atoms with Gasteiger partial charge in [-0.2, -0.15) is 0 Å². The molecule has 3 aliphatic rings. The molecule has 1 unspecified atom stereocenters. The third-order valence-electron chi connectivity index (χ3n) is 8.14. The van der Waals surface area contributed by atoms with Crippen LogP contribution >= 0.6 is 0 Å². The topological polar surface area (TPSA) is 87.2 Å². The Morgan fingerprint density at radius 1 is 1.28 bits per heavy atom. The largest absolute Gasteiger partial charge is 0.486 e. The third kappa shape index (κ3) is 6.30. The summed E-state index contributed by atoms with van der Waals surface area (Å²) in [5.74, 6) is 0.293. The lowest BCUT2D eigenvalue weighted by atomic mass is 9.99. The van der Waals surface area contributed by atoms with Gasteiger partial charge in [0.05, 0.1) is 18.3 Å². The Kier molecular flexibility index (Phi) is 8.57. The van der Waals surface area contributed by atoms with Crippen molar-refractivity contribution in [2.24, 2.45) is 5.92 Å². The highest BCUT2D eigenvalue weighted by Crippen LogP contribution is 2.43. The zero-order chi connectivity index (χ0) is 27.5. The number of hydrogen-bond acceptors (Lipinski definition) is 7. The molecule has 1 aromatic heterocycles. The standard InChI is InChI=1S/C30H41FN4O4/c1-19(2)26-18-34(3)25-16-21(31)15-24(28(25)39-26)27(30(36)37)35-13-11-23(17-35)38-14-5-4-8-22-10-9-20-7-6-12-32-29(20)33-22/h9-10,15-16,19,23,26-27H,4-8,11-14,17-18H2,1-3H3,(H,32,33)(H,36,37)/t23-,26?,27-/m1/s1. The molecule has 4 heterocycles. The van der Waals surface area contributed by atoms with E-state index in [0.29, 0.717) is 43.2 Å². The first-order chi connectivity index (χ1) is 18.8. The first-order valence-corrected chi connectivity index (χ1v) is 14.3. The minimum atomic E-state index is -1.01. The zero-order valence-corrected chi connectivity index (χ0v) is 23.3. The molecule has 39 heavy (non-hydrogen) atoms. The van der Waals surface area contributed by atoms with E-state index in [0.717, 1.165) is 56.6 Å². The second-order valence-electron chi connectivity index (χ2n) is 11.4. The fourth-order valence-corrected chi connectivity index (χ4v) is 5.90. The van der Waals surface area contributed by atoms with Gasteiger partial charge in [0.25, 0.3) is 0 Å². The summed E-state index contributed by atoms with van der Waals surface area (Å²) in [4.78, 5) is 21.1. The molecule has 0 spiro atoms. The number of pyridine rings is 1. The minimum Gasteiger partial charge on any atom is -0.486 e. The number of carbonyl (C=O) groups is 1. The van der Waals surface area contributed by atoms with Crippen LogP contribution in [0, 0.1) is 11.7 Å². The summed E-state index contributed by atoms with van der Waals surface area (Å²) in [5, 5.41) is 13.6. The number of hydrogen-bond donors (Lipinski definition) is 2. The molecule has 0 aliphatic carbocycles. The highest BCUT2D eigenvalue weighted by atomic mass is 19.1. The third-order valence-corrected chi connectivity index (χ3v) is 8.14. The first-order valence-electron chi connectivity index (χ1n) is 14.3. The van der Waals surface area contributed by atoms with E-state index in [1.165, 1.54) is 17.7 Å². The first kappa shape index (κ1) is 27.6. The number of aromatic nitrogens is 1. The van der Waals surface area contributed by atoms with Crippen molar-refractivity contribution in [2.45, 2.75) is 70.6 Å². The van der Waals surface area contributed by atoms with Crippen molar-refractivity contribution in [3.05, 3.63) is 46.9 Å². The molecule has 8 nitrogen and oxygen atoms in total. The van der Waals surface area contributed by atoms with Crippen LogP contribution in [0.15, 0.2) is 24.3 Å². The lowest BCUT2D eigenvalue weighted by Crippen LogP contribution is -2.42. The molecule has 5 rings (SSSR count). The van der Waals surface area contributed by atoms with E-state index < -0.39 is 17.8 Å². The number of likely N-dealkylation sites (tertiary alicyclic amines) is 1. The summed E-state index contributed by atoms with van der Waals surface area (Å²) in [6, 6.07) is 6.08. The number of aryl methyl sites for hydroxylation is 2. The smallest absolute Gasteiger partial charge is 0.325 e. The Balaban J connectivity index is 1.17. The molecule has 0 amide bonds. The Morgan fingerprint density at radius 2 is 2.13 bits per heavy atom. The van der Waals surface area contributed by atoms with E-state index in [1.54, 1.807) is 0 Å². The van der Waals surface area contributed by atoms with Gasteiger partial charge in [-0.15, -0.1) is 0 Å². The number of halogens is 1. The van der Waals surface area contributed by atoms with Gasteiger partial charge >= 0.3 is 5.97 Å². The van der Waals surface area contributed by atoms with Gasteiger partial charge in [-0.1, -0.05) is 19.9 Å². The molecule has 3 atom stereocenters. The molecule has 1 fully saturated rings. The van der Waals surface area contributed by atoms with Crippen LogP contribution < -0.4 is 15.0 Å². The number of aliphatic carboxylic acids is 1. The number of carboxylic acids is 1. The van der Waals surface area contributed by atoms with Crippen LogP contribution in [0.4, 0.5) is 15.9 Å². The number of fused-ring (bicyclic) bond motifs is 2. The number of nitrogens with one attached hydrogen (secondary N) is 1. The van der Waals surface area contributed by atoms with Gasteiger partial charge < -0.3 is 24.8 Å². The van der Waals surface area contributed by atoms with Gasteiger partial charge in [0, 0.05) is 50.6 Å². The summed E-state index contributed by atoms with van der Waals surface area (Å²) in [7, 11) is 1.90. The normalized spacial score (nSPS) is 21.7. The maximum atomic E-state index is 14.7. The summed E-state index contributed by atoms with van der Waals surface area (Å²) < 4.78 is 27.1. The maximum Gasteiger partial charge on any atom is 0.325 e. The molecule has 9 heteroatoms. The number of unbranched alkanes of at least 4 members (excludes halogenated alkanes) is 1. The number of anilines is 2. The summed E-state index contributed by atoms with van der Waals surface area (Å²) >= 11 is 0. The summed E-state index contributed by atoms with van der Waals surface area (Å²) in [6.07, 6.45) is 5.66. The van der Waals surface area contributed by atoms with Crippen LogP contribution in [0.3, 0.4) is 0 Å². The molecule has 2 aromatic rings. The number of carboxylic acid groups (broad SMARTS) is 1. The van der Waals surface area contributed by atoms with Crippen molar-refractivity contribution in [3.63, 3.8) is 0 Å². The van der Waals surface area contributed by atoms with E-state index in [-0.39, 0.29) is 18.1 Å². The number of benzene rings is 1. The Hall–Kier alpha value is -2.91. The minimum absolute atomic E-state index is 0.0469. The molecule has 1 aromatic carbocycles. The monoisotopic (exact) mass is 540 g/mol. The van der Waals surface area contributed by atoms with Gasteiger partial charge in [-0.25, -0.2) is 9.37 Å². The Morgan fingerprint density at radius 3 is 2.92 bits per heavy atom. The van der Waals surface area contributed by atoms with E-state index in [2.05, 4.69) is 31.3 Å². The Labute approximate surface area is 230 Å². The van der Waals surface area contributed by atoms with E-state index in [9.17, 15) is 14.3 Å². The Bertz CT molecular complexity index is 1180. The van der Waals surface area contributed by atoms with E-state index in [4.69, 9.17) is 14.5 Å². The number of nitrogens with zero attached hydrogens (tertiary/aromatic N) is 3. The quantitative estimate of drug-likeness (QED) is 0.421. The van der Waals surface area contributed by atoms with Crippen LogP contribution in [0.25, 0.3) is 0 Å². The molecular formula is C30H41FN4O4. The van der Waals surface area contributed by atoms with Gasteiger partial charge in [0.15, 0.2) is 0 Å². The molecule has 0 bridgehead atoms. The molecule has 2 N–H and O–H groups in total. The van der Waals surface area contributed by atoms with Gasteiger partial charge in [-0.3, -0.25) is 9.69 Å². The number of ether oxygens (including phenoxy) is 2. The molecule has 1 saturated heterocycles. The van der Waals surface area contributed by atoms with Crippen LogP contribution in [-0.4, -0.2) is 73.0 Å². The number of rotatable bonds is 10. The fraction of sp³-hybridized carbons (Fsp3) is 0.600. The van der Waals surface area contributed by atoms with Crippen LogP contribution in [0.1, 0.15) is 62.4 Å². The highest BCUT2D eigenvalue weighted by Gasteiger charge is 2.39. The zero-order valence-electron chi connectivity index (χ0n) is 23.3. The van der Waals surface area contributed by atoms with Gasteiger partial charge in [0.2, 0.25) is 0 Å². The van der Waals surface area contributed by atoms with Crippen molar-refractivity contribution in [3.8, 4) is 5.75 Å². The molecule has 3 aliphatic heterocycles. The second-order valence-corrected chi connectivity index (χ2v) is 11.4. The van der Waals surface area contributed by atoms with Crippen molar-refractivity contribution in [1.82, 2.24) is 9.88 Å².